The third kappa shape index (κ3) is 5.96. The molecular weight excluding hydrogens is 144 g/mol. The van der Waals surface area contributed by atoms with Crippen LogP contribution in [0.2, 0.25) is 0 Å². The molecule has 0 bridgehead atoms. The van der Waals surface area contributed by atoms with Gasteiger partial charge in [-0.2, -0.15) is 0 Å². The quantitative estimate of drug-likeness (QED) is 0.533. The van der Waals surface area contributed by atoms with E-state index in [2.05, 4.69) is 33.4 Å². The van der Waals surface area contributed by atoms with Crippen LogP contribution in [0, 0.1) is 0 Å². The molecule has 0 aromatic heterocycles. The van der Waals surface area contributed by atoms with E-state index in [1.807, 2.05) is 12.2 Å². The molecule has 0 amide bonds. The second-order valence-electron chi connectivity index (χ2n) is 3.24. The molecule has 0 aromatic rings. The molecule has 12 heavy (non-hydrogen) atoms. The van der Waals surface area contributed by atoms with E-state index in [9.17, 15) is 0 Å². The predicted octanol–water partition coefficient (Wildman–Crippen LogP) is 4.26. The summed E-state index contributed by atoms with van der Waals surface area (Å²) < 4.78 is 0. The van der Waals surface area contributed by atoms with E-state index in [0.717, 1.165) is 0 Å². The van der Waals surface area contributed by atoms with E-state index in [-0.39, 0.29) is 0 Å². The highest BCUT2D eigenvalue weighted by molar-refractivity contribution is 5.23. The Kier molecular flexibility index (Phi) is 6.45. The zero-order valence-electron chi connectivity index (χ0n) is 8.56. The summed E-state index contributed by atoms with van der Waals surface area (Å²) in [6.45, 7) is 10.2. The van der Waals surface area contributed by atoms with E-state index in [4.69, 9.17) is 0 Å². The third-order valence-electron chi connectivity index (χ3n) is 1.78. The number of hydrogen-bond acceptors (Lipinski definition) is 0. The van der Waals surface area contributed by atoms with Crippen LogP contribution in [0.15, 0.2) is 36.0 Å². The average Bonchev–Trinajstić information content (AvgIpc) is 2.01. The SMILES string of the molecule is C=C/C=C(C)\C=C(/C)CCCC. The van der Waals surface area contributed by atoms with Crippen molar-refractivity contribution in [2.24, 2.45) is 0 Å². The van der Waals surface area contributed by atoms with Crippen LogP contribution in [0.5, 0.6) is 0 Å². The van der Waals surface area contributed by atoms with Gasteiger partial charge in [-0.1, -0.05) is 49.3 Å². The lowest BCUT2D eigenvalue weighted by molar-refractivity contribution is 0.787. The third-order valence-corrected chi connectivity index (χ3v) is 1.78. The molecule has 0 nitrogen and oxygen atoms in total. The standard InChI is InChI=1S/C12H20/c1-5-7-9-12(4)10-11(3)8-6-2/h6,8,10H,2,5,7,9H2,1,3-4H3/b11-8-,12-10+. The molecule has 0 saturated carbocycles. The van der Waals surface area contributed by atoms with Gasteiger partial charge < -0.3 is 0 Å². The van der Waals surface area contributed by atoms with E-state index < -0.39 is 0 Å². The molecule has 0 N–H and O–H groups in total. The van der Waals surface area contributed by atoms with Crippen LogP contribution in [0.25, 0.3) is 0 Å². The van der Waals surface area contributed by atoms with Crippen LogP contribution in [0.3, 0.4) is 0 Å². The van der Waals surface area contributed by atoms with Gasteiger partial charge in [-0.25, -0.2) is 0 Å². The topological polar surface area (TPSA) is 0 Å². The van der Waals surface area contributed by atoms with Gasteiger partial charge in [-0.05, 0) is 26.7 Å². The van der Waals surface area contributed by atoms with Crippen molar-refractivity contribution in [3.05, 3.63) is 36.0 Å². The normalized spacial score (nSPS) is 13.2. The fraction of sp³-hybridized carbons (Fsp3) is 0.500. The molecule has 0 saturated heterocycles. The van der Waals surface area contributed by atoms with Gasteiger partial charge in [0, 0.05) is 0 Å². The Morgan fingerprint density at radius 2 is 2.00 bits per heavy atom. The largest absolute Gasteiger partial charge is 0.0991 e. The molecule has 0 aliphatic carbocycles. The number of unbranched alkanes of at least 4 members (excludes halogenated alkanes) is 1. The second kappa shape index (κ2) is 6.90. The van der Waals surface area contributed by atoms with E-state index in [1.54, 1.807) is 0 Å². The average molecular weight is 164 g/mol. The highest BCUT2D eigenvalue weighted by atomic mass is 13.9. The van der Waals surface area contributed by atoms with E-state index in [1.165, 1.54) is 30.4 Å². The summed E-state index contributed by atoms with van der Waals surface area (Å²) in [6, 6.07) is 0. The highest BCUT2D eigenvalue weighted by Gasteiger charge is 1.88. The van der Waals surface area contributed by atoms with Crippen molar-refractivity contribution in [2.75, 3.05) is 0 Å². The number of allylic oxidation sites excluding steroid dienone is 5. The predicted molar refractivity (Wildman–Crippen MR) is 57.2 cm³/mol. The van der Waals surface area contributed by atoms with Gasteiger partial charge in [0.1, 0.15) is 0 Å². The molecule has 0 atom stereocenters. The first-order valence-electron chi connectivity index (χ1n) is 4.67. The molecular formula is C12H20. The molecule has 0 heteroatoms. The summed E-state index contributed by atoms with van der Waals surface area (Å²) >= 11 is 0. The fourth-order valence-electron chi connectivity index (χ4n) is 1.15. The molecule has 0 aromatic carbocycles. The van der Waals surface area contributed by atoms with Gasteiger partial charge in [0.05, 0.1) is 0 Å². The highest BCUT2D eigenvalue weighted by Crippen LogP contribution is 2.09. The first kappa shape index (κ1) is 11.2. The summed E-state index contributed by atoms with van der Waals surface area (Å²) in [7, 11) is 0. The lowest BCUT2D eigenvalue weighted by Gasteiger charge is -1.98. The molecule has 0 aliphatic heterocycles. The zero-order chi connectivity index (χ0) is 9.40. The minimum absolute atomic E-state index is 1.22. The molecule has 0 unspecified atom stereocenters. The molecule has 68 valence electrons. The van der Waals surface area contributed by atoms with E-state index in [0.29, 0.717) is 0 Å². The van der Waals surface area contributed by atoms with Gasteiger partial charge >= 0.3 is 0 Å². The number of hydrogen-bond donors (Lipinski definition) is 0. The molecule has 0 radical (unpaired) electrons. The van der Waals surface area contributed by atoms with Gasteiger partial charge in [-0.3, -0.25) is 0 Å². The molecule has 0 spiro atoms. The van der Waals surface area contributed by atoms with Crippen molar-refractivity contribution in [1.29, 1.82) is 0 Å². The molecule has 0 heterocycles. The fourth-order valence-corrected chi connectivity index (χ4v) is 1.15. The Morgan fingerprint density at radius 1 is 1.33 bits per heavy atom. The Hall–Kier alpha value is -0.780. The van der Waals surface area contributed by atoms with Crippen LogP contribution < -0.4 is 0 Å². The lowest BCUT2D eigenvalue weighted by Crippen LogP contribution is -1.78. The van der Waals surface area contributed by atoms with Crippen molar-refractivity contribution < 1.29 is 0 Å². The van der Waals surface area contributed by atoms with Crippen LogP contribution in [-0.4, -0.2) is 0 Å². The maximum Gasteiger partial charge on any atom is -0.0320 e. The van der Waals surface area contributed by atoms with Gasteiger partial charge in [0.25, 0.3) is 0 Å². The summed E-state index contributed by atoms with van der Waals surface area (Å²) in [4.78, 5) is 0. The van der Waals surface area contributed by atoms with Crippen molar-refractivity contribution in [1.82, 2.24) is 0 Å². The second-order valence-corrected chi connectivity index (χ2v) is 3.24. The maximum absolute atomic E-state index is 3.66. The van der Waals surface area contributed by atoms with Crippen LogP contribution in [-0.2, 0) is 0 Å². The summed E-state index contributed by atoms with van der Waals surface area (Å²) in [5.74, 6) is 0. The van der Waals surface area contributed by atoms with Gasteiger partial charge in [-0.15, -0.1) is 0 Å². The molecule has 0 fully saturated rings. The zero-order valence-corrected chi connectivity index (χ0v) is 8.56. The summed E-state index contributed by atoms with van der Waals surface area (Å²) in [5, 5.41) is 0. The first-order valence-corrected chi connectivity index (χ1v) is 4.67. The summed E-state index contributed by atoms with van der Waals surface area (Å²) in [5.41, 5.74) is 2.76. The molecule has 0 rings (SSSR count). The van der Waals surface area contributed by atoms with Gasteiger partial charge in [0.2, 0.25) is 0 Å². The molecule has 0 aliphatic rings. The Morgan fingerprint density at radius 3 is 2.50 bits per heavy atom. The lowest BCUT2D eigenvalue weighted by atomic mass is 10.1. The Labute approximate surface area is 76.7 Å². The smallest absolute Gasteiger partial charge is 0.0320 e. The summed E-state index contributed by atoms with van der Waals surface area (Å²) in [6.07, 6.45) is 9.89. The Balaban J connectivity index is 3.97. The minimum Gasteiger partial charge on any atom is -0.0991 e. The van der Waals surface area contributed by atoms with Crippen molar-refractivity contribution >= 4 is 0 Å². The number of rotatable bonds is 5. The van der Waals surface area contributed by atoms with Crippen LogP contribution >= 0.6 is 0 Å². The van der Waals surface area contributed by atoms with Crippen molar-refractivity contribution in [2.45, 2.75) is 40.0 Å². The van der Waals surface area contributed by atoms with Crippen LogP contribution in [0.1, 0.15) is 40.0 Å². The van der Waals surface area contributed by atoms with Gasteiger partial charge in [0.15, 0.2) is 0 Å². The van der Waals surface area contributed by atoms with Crippen molar-refractivity contribution in [3.63, 3.8) is 0 Å². The van der Waals surface area contributed by atoms with Crippen LogP contribution in [0.4, 0.5) is 0 Å². The maximum atomic E-state index is 3.66. The first-order chi connectivity index (χ1) is 5.70. The monoisotopic (exact) mass is 164 g/mol. The Bertz CT molecular complexity index is 182. The van der Waals surface area contributed by atoms with Crippen molar-refractivity contribution in [3.8, 4) is 0 Å². The minimum atomic E-state index is 1.22. The van der Waals surface area contributed by atoms with E-state index >= 15 is 0 Å².